The maximum atomic E-state index is 10.4. The molecule has 124 valence electrons. The Morgan fingerprint density at radius 2 is 1.71 bits per heavy atom. The van der Waals surface area contributed by atoms with Crippen LogP contribution in [0.2, 0.25) is 0 Å². The van der Waals surface area contributed by atoms with Gasteiger partial charge in [-0.1, -0.05) is 6.92 Å². The second-order valence-corrected chi connectivity index (χ2v) is 6.57. The molecule has 1 saturated carbocycles. The van der Waals surface area contributed by atoms with Crippen molar-refractivity contribution in [2.75, 3.05) is 0 Å². The van der Waals surface area contributed by atoms with Crippen LogP contribution in [0.4, 0.5) is 0 Å². The molecule has 9 atom stereocenters. The van der Waals surface area contributed by atoms with Gasteiger partial charge in [0.1, 0.15) is 0 Å². The Hall–Kier alpha value is -0.280. The van der Waals surface area contributed by atoms with Crippen molar-refractivity contribution >= 4 is 0 Å². The van der Waals surface area contributed by atoms with Gasteiger partial charge >= 0.3 is 0 Å². The van der Waals surface area contributed by atoms with Crippen LogP contribution in [-0.4, -0.2) is 58.8 Å². The molecule has 0 amide bonds. The zero-order valence-electron chi connectivity index (χ0n) is 12.6. The molecule has 1 aliphatic carbocycles. The van der Waals surface area contributed by atoms with E-state index in [4.69, 9.17) is 27.7 Å². The number of aliphatic hydroxyl groups excluding tert-OH is 2. The third kappa shape index (κ3) is 3.39. The second-order valence-electron chi connectivity index (χ2n) is 6.57. The minimum absolute atomic E-state index is 0.0517. The van der Waals surface area contributed by atoms with Gasteiger partial charge in [-0.2, -0.15) is 0 Å². The summed E-state index contributed by atoms with van der Waals surface area (Å²) in [5, 5.41) is 20.4. The summed E-state index contributed by atoms with van der Waals surface area (Å²) in [6.45, 7) is 2.02. The molecule has 0 spiro atoms. The SMILES string of the molecule is CC[C@@H](N)[C@@H]1CC[C@@H](N)[C@@H](C2[C@@H](N)C[C@@H](N)[C@H](O)[C@H]2O)O1. The monoisotopic (exact) mass is 302 g/mol. The quantitative estimate of drug-likeness (QED) is 0.352. The largest absolute Gasteiger partial charge is 0.390 e. The highest BCUT2D eigenvalue weighted by Gasteiger charge is 2.48. The first-order valence-electron chi connectivity index (χ1n) is 7.90. The molecule has 1 heterocycles. The van der Waals surface area contributed by atoms with Crippen molar-refractivity contribution in [2.24, 2.45) is 28.9 Å². The maximum absolute atomic E-state index is 10.4. The first-order valence-corrected chi connectivity index (χ1v) is 7.90. The van der Waals surface area contributed by atoms with E-state index in [1.807, 2.05) is 6.92 Å². The molecule has 21 heavy (non-hydrogen) atoms. The number of hydrogen-bond donors (Lipinski definition) is 6. The first kappa shape index (κ1) is 17.1. The minimum atomic E-state index is -1.02. The highest BCUT2D eigenvalue weighted by Crippen LogP contribution is 2.34. The van der Waals surface area contributed by atoms with Gasteiger partial charge in [0.25, 0.3) is 0 Å². The summed E-state index contributed by atoms with van der Waals surface area (Å²) in [4.78, 5) is 0. The van der Waals surface area contributed by atoms with Crippen LogP contribution >= 0.6 is 0 Å². The Morgan fingerprint density at radius 1 is 1.05 bits per heavy atom. The van der Waals surface area contributed by atoms with Gasteiger partial charge in [-0.15, -0.1) is 0 Å². The van der Waals surface area contributed by atoms with Crippen LogP contribution in [-0.2, 0) is 4.74 Å². The Balaban J connectivity index is 2.13. The van der Waals surface area contributed by atoms with Gasteiger partial charge in [-0.3, -0.25) is 0 Å². The number of aliphatic hydroxyl groups is 2. The van der Waals surface area contributed by atoms with Crippen molar-refractivity contribution in [2.45, 2.75) is 81.2 Å². The predicted octanol–water partition coefficient (Wildman–Crippen LogP) is -2.01. The van der Waals surface area contributed by atoms with Gasteiger partial charge in [-0.05, 0) is 25.7 Å². The molecule has 10 N–H and O–H groups in total. The van der Waals surface area contributed by atoms with E-state index < -0.39 is 30.3 Å². The molecule has 0 bridgehead atoms. The molecule has 2 aliphatic rings. The third-order valence-electron chi connectivity index (χ3n) is 5.09. The zero-order valence-corrected chi connectivity index (χ0v) is 12.6. The molecule has 1 aliphatic heterocycles. The molecule has 1 saturated heterocycles. The van der Waals surface area contributed by atoms with E-state index in [0.29, 0.717) is 6.42 Å². The van der Waals surface area contributed by atoms with E-state index in [-0.39, 0.29) is 24.2 Å². The molecule has 0 radical (unpaired) electrons. The fraction of sp³-hybridized carbons (Fsp3) is 1.00. The lowest BCUT2D eigenvalue weighted by atomic mass is 9.72. The van der Waals surface area contributed by atoms with Crippen molar-refractivity contribution in [3.8, 4) is 0 Å². The van der Waals surface area contributed by atoms with Crippen molar-refractivity contribution < 1.29 is 14.9 Å². The molecule has 0 aromatic carbocycles. The number of ether oxygens (including phenoxy) is 1. The van der Waals surface area contributed by atoms with Crippen molar-refractivity contribution in [3.63, 3.8) is 0 Å². The highest BCUT2D eigenvalue weighted by molar-refractivity contribution is 5.03. The van der Waals surface area contributed by atoms with E-state index in [0.717, 1.165) is 19.3 Å². The average Bonchev–Trinajstić information content (AvgIpc) is 2.46. The van der Waals surface area contributed by atoms with Crippen LogP contribution in [0.3, 0.4) is 0 Å². The third-order valence-corrected chi connectivity index (χ3v) is 5.09. The van der Waals surface area contributed by atoms with E-state index in [1.165, 1.54) is 0 Å². The Labute approximate surface area is 126 Å². The molecule has 0 aromatic rings. The summed E-state index contributed by atoms with van der Waals surface area (Å²) < 4.78 is 6.07. The zero-order chi connectivity index (χ0) is 15.7. The van der Waals surface area contributed by atoms with Gasteiger partial charge in [0.15, 0.2) is 0 Å². The van der Waals surface area contributed by atoms with Crippen molar-refractivity contribution in [1.82, 2.24) is 0 Å². The lowest BCUT2D eigenvalue weighted by molar-refractivity contribution is -0.156. The number of nitrogens with two attached hydrogens (primary N) is 4. The van der Waals surface area contributed by atoms with Crippen LogP contribution in [0, 0.1) is 5.92 Å². The lowest BCUT2D eigenvalue weighted by Gasteiger charge is -2.48. The van der Waals surface area contributed by atoms with Crippen LogP contribution in [0.25, 0.3) is 0 Å². The van der Waals surface area contributed by atoms with E-state index >= 15 is 0 Å². The summed E-state index contributed by atoms with van der Waals surface area (Å²) in [5.74, 6) is -0.415. The first-order chi connectivity index (χ1) is 9.86. The van der Waals surface area contributed by atoms with Crippen molar-refractivity contribution in [3.05, 3.63) is 0 Å². The molecule has 1 unspecified atom stereocenters. The fourth-order valence-corrected chi connectivity index (χ4v) is 3.63. The Morgan fingerprint density at radius 3 is 2.33 bits per heavy atom. The molecule has 0 aromatic heterocycles. The summed E-state index contributed by atoms with van der Waals surface area (Å²) in [6, 6.07) is -1.12. The van der Waals surface area contributed by atoms with Gasteiger partial charge in [0, 0.05) is 30.1 Å². The van der Waals surface area contributed by atoms with E-state index in [2.05, 4.69) is 0 Å². The minimum Gasteiger partial charge on any atom is -0.390 e. The lowest BCUT2D eigenvalue weighted by Crippen LogP contribution is -2.65. The average molecular weight is 302 g/mol. The molecule has 7 nitrogen and oxygen atoms in total. The highest BCUT2D eigenvalue weighted by atomic mass is 16.5. The second kappa shape index (κ2) is 6.87. The topological polar surface area (TPSA) is 154 Å². The maximum Gasteiger partial charge on any atom is 0.0954 e. The van der Waals surface area contributed by atoms with E-state index in [1.54, 1.807) is 0 Å². The van der Waals surface area contributed by atoms with Gasteiger partial charge in [0.2, 0.25) is 0 Å². The normalized spacial score (nSPS) is 49.9. The smallest absolute Gasteiger partial charge is 0.0954 e. The number of rotatable bonds is 3. The summed E-state index contributed by atoms with van der Waals surface area (Å²) >= 11 is 0. The van der Waals surface area contributed by atoms with E-state index in [9.17, 15) is 10.2 Å². The molecular weight excluding hydrogens is 272 g/mol. The van der Waals surface area contributed by atoms with Gasteiger partial charge < -0.3 is 37.9 Å². The molecular formula is C14H30N4O3. The van der Waals surface area contributed by atoms with Crippen LogP contribution in [0.1, 0.15) is 32.6 Å². The molecule has 2 rings (SSSR count). The summed E-state index contributed by atoms with van der Waals surface area (Å²) in [7, 11) is 0. The molecule has 7 heteroatoms. The van der Waals surface area contributed by atoms with Crippen LogP contribution < -0.4 is 22.9 Å². The number of hydrogen-bond acceptors (Lipinski definition) is 7. The fourth-order valence-electron chi connectivity index (χ4n) is 3.63. The summed E-state index contributed by atoms with van der Waals surface area (Å²) in [5.41, 5.74) is 24.2. The molecule has 2 fully saturated rings. The van der Waals surface area contributed by atoms with Gasteiger partial charge in [-0.25, -0.2) is 0 Å². The van der Waals surface area contributed by atoms with Crippen LogP contribution in [0.5, 0.6) is 0 Å². The van der Waals surface area contributed by atoms with Crippen molar-refractivity contribution in [1.29, 1.82) is 0 Å². The standard InChI is InChI=1S/C14H30N4O3/c1-2-6(15)10-4-3-7(16)14(21-10)11-8(17)5-9(18)12(19)13(11)20/h6-14,19-20H,2-5,15-18H2,1H3/t6-,7-,8+,9-,10+,11?,12+,13+,14+/m1/s1. The Bertz CT molecular complexity index is 346. The van der Waals surface area contributed by atoms with Crippen LogP contribution in [0.15, 0.2) is 0 Å². The summed E-state index contributed by atoms with van der Waals surface area (Å²) in [6.07, 6.45) is 0.371. The Kier molecular flexibility index (Phi) is 5.59. The predicted molar refractivity (Wildman–Crippen MR) is 80.2 cm³/mol. The van der Waals surface area contributed by atoms with Gasteiger partial charge in [0.05, 0.1) is 24.4 Å².